The number of rotatable bonds is 8. The first-order valence-corrected chi connectivity index (χ1v) is 11.4. The number of carbonyl (C=O) groups is 1. The van der Waals surface area contributed by atoms with E-state index in [1.165, 1.54) is 0 Å². The third kappa shape index (κ3) is 5.06. The molecular formula is C25H31N5O2. The first-order chi connectivity index (χ1) is 15.7. The Balaban J connectivity index is 1.55. The normalized spacial score (nSPS) is 14.4. The number of amides is 1. The molecule has 0 bridgehead atoms. The number of fused-ring (bicyclic) bond motifs is 1. The van der Waals surface area contributed by atoms with Gasteiger partial charge in [-0.2, -0.15) is 0 Å². The molecule has 1 aliphatic heterocycles. The van der Waals surface area contributed by atoms with E-state index >= 15 is 0 Å². The van der Waals surface area contributed by atoms with E-state index in [0.29, 0.717) is 18.7 Å². The van der Waals surface area contributed by atoms with Gasteiger partial charge in [0, 0.05) is 73.9 Å². The van der Waals surface area contributed by atoms with E-state index in [9.17, 15) is 4.79 Å². The van der Waals surface area contributed by atoms with Crippen molar-refractivity contribution in [3.05, 3.63) is 54.4 Å². The number of ether oxygens (including phenoxy) is 1. The number of morpholine rings is 1. The maximum absolute atomic E-state index is 12.6. The van der Waals surface area contributed by atoms with Crippen molar-refractivity contribution in [1.82, 2.24) is 19.8 Å². The molecule has 1 N–H and O–H groups in total. The van der Waals surface area contributed by atoms with E-state index < -0.39 is 0 Å². The lowest BCUT2D eigenvalue weighted by Gasteiger charge is -2.26. The van der Waals surface area contributed by atoms with E-state index in [4.69, 9.17) is 9.72 Å². The van der Waals surface area contributed by atoms with Crippen LogP contribution >= 0.6 is 0 Å². The maximum Gasteiger partial charge on any atom is 0.253 e. The smallest absolute Gasteiger partial charge is 0.253 e. The van der Waals surface area contributed by atoms with Crippen molar-refractivity contribution < 1.29 is 9.53 Å². The van der Waals surface area contributed by atoms with Gasteiger partial charge < -0.3 is 15.0 Å². The molecule has 0 unspecified atom stereocenters. The van der Waals surface area contributed by atoms with Crippen LogP contribution in [0, 0.1) is 0 Å². The van der Waals surface area contributed by atoms with Crippen molar-refractivity contribution in [3.8, 4) is 11.3 Å². The number of aromatic nitrogens is 2. The lowest BCUT2D eigenvalue weighted by atomic mass is 10.1. The highest BCUT2D eigenvalue weighted by Gasteiger charge is 2.14. The highest BCUT2D eigenvalue weighted by atomic mass is 16.5. The Bertz CT molecular complexity index is 1040. The molecule has 0 spiro atoms. The van der Waals surface area contributed by atoms with Crippen LogP contribution in [-0.2, 0) is 4.74 Å². The molecular weight excluding hydrogens is 402 g/mol. The summed E-state index contributed by atoms with van der Waals surface area (Å²) in [6.45, 7) is 10.8. The second-order valence-corrected chi connectivity index (χ2v) is 7.88. The van der Waals surface area contributed by atoms with Crippen LogP contribution in [0.2, 0.25) is 0 Å². The average Bonchev–Trinajstić information content (AvgIpc) is 2.85. The van der Waals surface area contributed by atoms with E-state index in [1.54, 1.807) is 6.20 Å². The summed E-state index contributed by atoms with van der Waals surface area (Å²) < 4.78 is 5.43. The van der Waals surface area contributed by atoms with Gasteiger partial charge in [0.15, 0.2) is 0 Å². The lowest BCUT2D eigenvalue weighted by Crippen LogP contribution is -2.39. The van der Waals surface area contributed by atoms with Gasteiger partial charge in [0.25, 0.3) is 5.91 Å². The van der Waals surface area contributed by atoms with E-state index in [-0.39, 0.29) is 5.91 Å². The first kappa shape index (κ1) is 22.2. The van der Waals surface area contributed by atoms with Crippen LogP contribution in [0.4, 0.5) is 5.69 Å². The topological polar surface area (TPSA) is 70.6 Å². The Labute approximate surface area is 189 Å². The minimum Gasteiger partial charge on any atom is -0.383 e. The molecule has 4 rings (SSSR count). The molecule has 168 valence electrons. The predicted octanol–water partition coefficient (Wildman–Crippen LogP) is 3.52. The summed E-state index contributed by atoms with van der Waals surface area (Å²) in [5.41, 5.74) is 4.48. The zero-order chi connectivity index (χ0) is 22.3. The van der Waals surface area contributed by atoms with Gasteiger partial charge >= 0.3 is 0 Å². The molecule has 7 heteroatoms. The Morgan fingerprint density at radius 1 is 1.12 bits per heavy atom. The maximum atomic E-state index is 12.6. The molecule has 1 aliphatic rings. The molecule has 2 aromatic heterocycles. The fraction of sp³-hybridized carbons (Fsp3) is 0.400. The second-order valence-electron chi connectivity index (χ2n) is 7.88. The third-order valence-electron chi connectivity index (χ3n) is 5.94. The molecule has 1 saturated heterocycles. The molecule has 3 aromatic rings. The quantitative estimate of drug-likeness (QED) is 0.586. The monoisotopic (exact) mass is 433 g/mol. The number of carbonyl (C=O) groups excluding carboxylic acids is 1. The summed E-state index contributed by atoms with van der Waals surface area (Å²) in [6.07, 6.45) is 3.62. The Hall–Kier alpha value is -3.03. The van der Waals surface area contributed by atoms with Crippen LogP contribution in [0.3, 0.4) is 0 Å². The minimum atomic E-state index is 0.0598. The van der Waals surface area contributed by atoms with Gasteiger partial charge in [0.1, 0.15) is 0 Å². The molecule has 7 nitrogen and oxygen atoms in total. The van der Waals surface area contributed by atoms with Crippen LogP contribution in [0.15, 0.2) is 48.8 Å². The number of anilines is 1. The molecule has 0 radical (unpaired) electrons. The molecule has 32 heavy (non-hydrogen) atoms. The van der Waals surface area contributed by atoms with E-state index in [2.05, 4.69) is 21.3 Å². The van der Waals surface area contributed by atoms with Crippen molar-refractivity contribution in [1.29, 1.82) is 0 Å². The summed E-state index contributed by atoms with van der Waals surface area (Å²) in [5.74, 6) is 0.0598. The Kier molecular flexibility index (Phi) is 7.29. The Morgan fingerprint density at radius 2 is 1.88 bits per heavy atom. The molecule has 0 saturated carbocycles. The van der Waals surface area contributed by atoms with Crippen molar-refractivity contribution in [3.63, 3.8) is 0 Å². The highest BCUT2D eigenvalue weighted by Crippen LogP contribution is 2.28. The molecule has 3 heterocycles. The average molecular weight is 434 g/mol. The summed E-state index contributed by atoms with van der Waals surface area (Å²) in [6, 6.07) is 11.7. The van der Waals surface area contributed by atoms with Crippen molar-refractivity contribution >= 4 is 22.5 Å². The zero-order valence-electron chi connectivity index (χ0n) is 18.9. The van der Waals surface area contributed by atoms with Gasteiger partial charge in [-0.1, -0.05) is 12.1 Å². The largest absolute Gasteiger partial charge is 0.383 e. The second kappa shape index (κ2) is 10.5. The molecule has 0 aliphatic carbocycles. The molecule has 1 aromatic carbocycles. The summed E-state index contributed by atoms with van der Waals surface area (Å²) in [7, 11) is 0. The van der Waals surface area contributed by atoms with Gasteiger partial charge in [-0.15, -0.1) is 0 Å². The Morgan fingerprint density at radius 3 is 2.59 bits per heavy atom. The number of hydrogen-bond donors (Lipinski definition) is 1. The predicted molar refractivity (Wildman–Crippen MR) is 128 cm³/mol. The van der Waals surface area contributed by atoms with Gasteiger partial charge in [-0.05, 0) is 38.1 Å². The standard InChI is InChI=1S/C25H31N5O2/c1-3-30(4-2)25(31)20-7-5-19(6-8-20)23-17-24(21-18-26-10-9-22(21)28-23)27-11-12-29-13-15-32-16-14-29/h5-10,17-18H,3-4,11-16H2,1-2H3,(H,27,28). The van der Waals surface area contributed by atoms with Crippen LogP contribution in [0.1, 0.15) is 24.2 Å². The molecule has 1 amide bonds. The van der Waals surface area contributed by atoms with Gasteiger partial charge in [-0.3, -0.25) is 14.7 Å². The van der Waals surface area contributed by atoms with Crippen molar-refractivity contribution in [2.45, 2.75) is 13.8 Å². The SMILES string of the molecule is CCN(CC)C(=O)c1ccc(-c2cc(NCCN3CCOCC3)c3cnccc3n2)cc1. The van der Waals surface area contributed by atoms with Gasteiger partial charge in [0.05, 0.1) is 24.4 Å². The first-order valence-electron chi connectivity index (χ1n) is 11.4. The van der Waals surface area contributed by atoms with Crippen LogP contribution in [-0.4, -0.2) is 78.2 Å². The van der Waals surface area contributed by atoms with Crippen molar-refractivity contribution in [2.75, 3.05) is 57.8 Å². The highest BCUT2D eigenvalue weighted by molar-refractivity contribution is 5.95. The van der Waals surface area contributed by atoms with Gasteiger partial charge in [-0.25, -0.2) is 4.98 Å². The molecule has 0 atom stereocenters. The summed E-state index contributed by atoms with van der Waals surface area (Å²) in [5, 5.41) is 4.59. The van der Waals surface area contributed by atoms with Crippen LogP contribution in [0.5, 0.6) is 0 Å². The summed E-state index contributed by atoms with van der Waals surface area (Å²) >= 11 is 0. The minimum absolute atomic E-state index is 0.0598. The van der Waals surface area contributed by atoms with E-state index in [0.717, 1.165) is 67.2 Å². The zero-order valence-corrected chi connectivity index (χ0v) is 18.9. The summed E-state index contributed by atoms with van der Waals surface area (Å²) in [4.78, 5) is 26.0. The molecule has 1 fully saturated rings. The number of benzene rings is 1. The fourth-order valence-corrected chi connectivity index (χ4v) is 4.01. The van der Waals surface area contributed by atoms with Crippen molar-refractivity contribution in [2.24, 2.45) is 0 Å². The van der Waals surface area contributed by atoms with Gasteiger partial charge in [0.2, 0.25) is 0 Å². The third-order valence-corrected chi connectivity index (χ3v) is 5.94. The fourth-order valence-electron chi connectivity index (χ4n) is 4.01. The number of nitrogens with zero attached hydrogens (tertiary/aromatic N) is 4. The number of nitrogens with one attached hydrogen (secondary N) is 1. The van der Waals surface area contributed by atoms with Crippen LogP contribution < -0.4 is 5.32 Å². The van der Waals surface area contributed by atoms with E-state index in [1.807, 2.05) is 55.3 Å². The van der Waals surface area contributed by atoms with Crippen LogP contribution in [0.25, 0.3) is 22.2 Å². The lowest BCUT2D eigenvalue weighted by molar-refractivity contribution is 0.0398. The number of hydrogen-bond acceptors (Lipinski definition) is 6. The number of pyridine rings is 2.